The molecule has 1 aromatic carbocycles. The number of methoxy groups -OCH3 is 1. The number of hydrogen-bond acceptors (Lipinski definition) is 6. The van der Waals surface area contributed by atoms with Crippen LogP contribution >= 0.6 is 0 Å². The van der Waals surface area contributed by atoms with Crippen LogP contribution in [-0.2, 0) is 19.9 Å². The molecule has 2 bridgehead atoms. The minimum absolute atomic E-state index is 0.193. The molecule has 9 heteroatoms. The fraction of sp³-hybridized carbons (Fsp3) is 0.593. The monoisotopic (exact) mass is 493 g/mol. The van der Waals surface area contributed by atoms with Crippen molar-refractivity contribution in [1.82, 2.24) is 10.2 Å². The van der Waals surface area contributed by atoms with Gasteiger partial charge in [0.1, 0.15) is 23.0 Å². The van der Waals surface area contributed by atoms with Crippen LogP contribution in [0, 0.1) is 16.5 Å². The van der Waals surface area contributed by atoms with Crippen molar-refractivity contribution in [2.75, 3.05) is 13.7 Å². The molecule has 0 aromatic heterocycles. The summed E-state index contributed by atoms with van der Waals surface area (Å²) in [5.41, 5.74) is -4.30. The fourth-order valence-electron chi connectivity index (χ4n) is 8.45. The van der Waals surface area contributed by atoms with Gasteiger partial charge in [0, 0.05) is 19.6 Å². The van der Waals surface area contributed by atoms with E-state index in [1.165, 1.54) is 7.11 Å². The van der Waals surface area contributed by atoms with Gasteiger partial charge in [0.05, 0.1) is 16.5 Å². The lowest BCUT2D eigenvalue weighted by Crippen LogP contribution is -2.90. The van der Waals surface area contributed by atoms with Gasteiger partial charge in [0.25, 0.3) is 5.91 Å². The average Bonchev–Trinajstić information content (AvgIpc) is 3.33. The molecule has 4 saturated heterocycles. The van der Waals surface area contributed by atoms with E-state index in [1.807, 2.05) is 39.8 Å². The summed E-state index contributed by atoms with van der Waals surface area (Å²) in [5.74, 6) is -0.298. The molecular weight excluding hydrogens is 462 g/mol. The molecule has 6 aliphatic heterocycles. The highest BCUT2D eigenvalue weighted by Crippen LogP contribution is 2.65. The van der Waals surface area contributed by atoms with Gasteiger partial charge in [0.2, 0.25) is 22.9 Å². The maximum absolute atomic E-state index is 14.2. The van der Waals surface area contributed by atoms with Gasteiger partial charge < -0.3 is 30.0 Å². The Hall–Kier alpha value is -2.91. The maximum atomic E-state index is 14.2. The smallest absolute Gasteiger partial charge is 0.252 e. The van der Waals surface area contributed by atoms with Crippen molar-refractivity contribution < 1.29 is 28.9 Å². The van der Waals surface area contributed by atoms with E-state index in [4.69, 9.17) is 9.47 Å². The summed E-state index contributed by atoms with van der Waals surface area (Å²) in [7, 11) is 1.43. The van der Waals surface area contributed by atoms with Gasteiger partial charge in [-0.15, -0.1) is 0 Å². The lowest BCUT2D eigenvalue weighted by atomic mass is 9.46. The number of carbonyl (C=O) groups is 2. The number of fused-ring (bicyclic) bond motifs is 6. The summed E-state index contributed by atoms with van der Waals surface area (Å²) in [6.45, 7) is 8.17. The Morgan fingerprint density at radius 2 is 2.00 bits per heavy atom. The quantitative estimate of drug-likeness (QED) is 0.457. The van der Waals surface area contributed by atoms with Gasteiger partial charge in [-0.05, 0) is 71.2 Å². The van der Waals surface area contributed by atoms with E-state index in [9.17, 15) is 19.9 Å². The van der Waals surface area contributed by atoms with Gasteiger partial charge >= 0.3 is 0 Å². The zero-order chi connectivity index (χ0) is 25.6. The zero-order valence-corrected chi connectivity index (χ0v) is 21.2. The highest BCUT2D eigenvalue weighted by Gasteiger charge is 2.83. The molecule has 9 nitrogen and oxygen atoms in total. The maximum Gasteiger partial charge on any atom is 0.252 e. The van der Waals surface area contributed by atoms with E-state index < -0.39 is 39.7 Å². The third-order valence-corrected chi connectivity index (χ3v) is 9.81. The van der Waals surface area contributed by atoms with E-state index in [0.29, 0.717) is 42.0 Å². The predicted octanol–water partition coefficient (Wildman–Crippen LogP) is 1.96. The number of aliphatic hydroxyl groups is 1. The Morgan fingerprint density at radius 3 is 2.72 bits per heavy atom. The van der Waals surface area contributed by atoms with Gasteiger partial charge in [0.15, 0.2) is 5.54 Å². The highest BCUT2D eigenvalue weighted by molar-refractivity contribution is 6.10. The summed E-state index contributed by atoms with van der Waals surface area (Å²) in [5, 5.41) is 29.9. The standard InChI is InChI=1S/C27H31N3O6/c1-23(2)11-9-14-16(36-23)8-7-15-18(14)30(34)19-24(3,4)17-13-25-10-6-12-29(25)22(32)26(17,28-21(25)31)20(35-5)27(15,19)33/h7-9,11,17,20,33H,6,10,12-13H2,1-5H3,(H,28,31)/t17-,20+,25+,26-,27-/m0/s1. The van der Waals surface area contributed by atoms with Crippen molar-refractivity contribution in [3.05, 3.63) is 34.5 Å². The molecule has 5 atom stereocenters. The molecule has 2 N–H and O–H groups in total. The number of nitrogens with one attached hydrogen (secondary N) is 1. The third-order valence-electron chi connectivity index (χ3n) is 9.81. The number of amides is 2. The molecule has 1 aromatic rings. The van der Waals surface area contributed by atoms with Crippen LogP contribution in [-0.4, -0.2) is 68.7 Å². The van der Waals surface area contributed by atoms with Crippen molar-refractivity contribution in [3.8, 4) is 5.75 Å². The number of ether oxygens (including phenoxy) is 2. The minimum Gasteiger partial charge on any atom is -0.618 e. The number of piperazine rings is 1. The first-order chi connectivity index (χ1) is 16.9. The van der Waals surface area contributed by atoms with Crippen molar-refractivity contribution in [2.24, 2.45) is 11.3 Å². The van der Waals surface area contributed by atoms with E-state index in [2.05, 4.69) is 5.32 Å². The van der Waals surface area contributed by atoms with Crippen LogP contribution in [0.2, 0.25) is 0 Å². The van der Waals surface area contributed by atoms with E-state index in [1.54, 1.807) is 17.0 Å². The summed E-state index contributed by atoms with van der Waals surface area (Å²) < 4.78 is 12.9. The molecule has 5 fully saturated rings. The van der Waals surface area contributed by atoms with Crippen LogP contribution in [0.5, 0.6) is 5.75 Å². The molecule has 1 saturated carbocycles. The Bertz CT molecular complexity index is 1350. The second-order valence-corrected chi connectivity index (χ2v) is 12.3. The Kier molecular flexibility index (Phi) is 3.80. The summed E-state index contributed by atoms with van der Waals surface area (Å²) in [6, 6.07) is 3.45. The lowest BCUT2D eigenvalue weighted by Gasteiger charge is -2.67. The molecule has 2 amide bonds. The number of rotatable bonds is 1. The molecule has 8 rings (SSSR count). The molecule has 2 spiro atoms. The first-order valence-corrected chi connectivity index (χ1v) is 12.7. The van der Waals surface area contributed by atoms with Gasteiger partial charge in [-0.3, -0.25) is 9.59 Å². The predicted molar refractivity (Wildman–Crippen MR) is 130 cm³/mol. The summed E-state index contributed by atoms with van der Waals surface area (Å²) in [6.07, 6.45) is 4.32. The highest BCUT2D eigenvalue weighted by atomic mass is 16.5. The first-order valence-electron chi connectivity index (χ1n) is 12.7. The Morgan fingerprint density at radius 1 is 1.25 bits per heavy atom. The zero-order valence-electron chi connectivity index (χ0n) is 21.2. The molecule has 6 heterocycles. The van der Waals surface area contributed by atoms with Gasteiger partial charge in [-0.2, -0.15) is 4.74 Å². The van der Waals surface area contributed by atoms with Crippen LogP contribution in [0.15, 0.2) is 18.2 Å². The third kappa shape index (κ3) is 2.09. The summed E-state index contributed by atoms with van der Waals surface area (Å²) >= 11 is 0. The number of carbonyl (C=O) groups excluding carboxylic acids is 2. The number of piperidine rings is 2. The SMILES string of the molecule is CO[C@@H]1[C@]23NC(=O)[C@@]4(CCCN4C2=O)C[C@H]3C(C)(C)C2=[N+]([O-])c3c(ccc4c3C=CC(C)(C)O4)[C@]21O. The molecule has 1 aliphatic carbocycles. The van der Waals surface area contributed by atoms with Crippen molar-refractivity contribution in [2.45, 2.75) is 75.3 Å². The normalized spacial score (nSPS) is 40.2. The number of benzene rings is 1. The van der Waals surface area contributed by atoms with E-state index >= 15 is 0 Å². The van der Waals surface area contributed by atoms with Gasteiger partial charge in [-0.1, -0.05) is 0 Å². The first kappa shape index (κ1) is 22.3. The molecule has 7 aliphatic rings. The van der Waals surface area contributed by atoms with Crippen molar-refractivity contribution in [1.29, 1.82) is 0 Å². The van der Waals surface area contributed by atoms with Crippen molar-refractivity contribution >= 4 is 29.3 Å². The Balaban J connectivity index is 1.52. The average molecular weight is 494 g/mol. The molecule has 36 heavy (non-hydrogen) atoms. The largest absolute Gasteiger partial charge is 0.618 e. The molecule has 0 radical (unpaired) electrons. The number of hydrogen-bond donors (Lipinski definition) is 2. The number of nitrogens with zero attached hydrogens (tertiary/aromatic N) is 2. The minimum atomic E-state index is -1.93. The second-order valence-electron chi connectivity index (χ2n) is 12.3. The second kappa shape index (κ2) is 6.14. The Labute approximate surface area is 209 Å². The molecular formula is C27H31N3O6. The topological polar surface area (TPSA) is 114 Å². The van der Waals surface area contributed by atoms with Crippen LogP contribution in [0.4, 0.5) is 5.69 Å². The van der Waals surface area contributed by atoms with Crippen LogP contribution in [0.3, 0.4) is 0 Å². The fourth-order valence-corrected chi connectivity index (χ4v) is 8.45. The van der Waals surface area contributed by atoms with Crippen LogP contribution < -0.4 is 10.1 Å². The van der Waals surface area contributed by atoms with Gasteiger partial charge in [-0.25, -0.2) is 0 Å². The summed E-state index contributed by atoms with van der Waals surface area (Å²) in [4.78, 5) is 29.5. The van der Waals surface area contributed by atoms with Crippen LogP contribution in [0.1, 0.15) is 58.1 Å². The molecule has 190 valence electrons. The van der Waals surface area contributed by atoms with Crippen molar-refractivity contribution in [3.63, 3.8) is 0 Å². The van der Waals surface area contributed by atoms with Crippen LogP contribution in [0.25, 0.3) is 6.08 Å². The molecule has 0 unspecified atom stereocenters. The van der Waals surface area contributed by atoms with E-state index in [0.717, 1.165) is 11.2 Å². The lowest BCUT2D eigenvalue weighted by molar-refractivity contribution is -0.371. The van der Waals surface area contributed by atoms with E-state index in [-0.39, 0.29) is 17.5 Å².